The van der Waals surface area contributed by atoms with Crippen molar-refractivity contribution in [1.82, 2.24) is 10.5 Å². The number of rotatable bonds is 3. The quantitative estimate of drug-likeness (QED) is 0.943. The van der Waals surface area contributed by atoms with E-state index in [1.165, 1.54) is 11.1 Å². The maximum Gasteiger partial charge on any atom is 0.223 e. The van der Waals surface area contributed by atoms with Gasteiger partial charge in [0.2, 0.25) is 5.91 Å². The first-order valence-electron chi connectivity index (χ1n) is 7.41. The van der Waals surface area contributed by atoms with E-state index in [9.17, 15) is 4.79 Å². The number of benzene rings is 1. The third-order valence-electron chi connectivity index (χ3n) is 4.34. The number of aryl methyl sites for hydroxylation is 3. The van der Waals surface area contributed by atoms with E-state index >= 15 is 0 Å². The smallest absolute Gasteiger partial charge is 0.223 e. The molecular weight excluding hydrogens is 264 g/mol. The van der Waals surface area contributed by atoms with Crippen molar-refractivity contribution in [3.8, 4) is 0 Å². The SMILES string of the molecule is Cc1noc(C)c1CNC(=O)[C@H]1CCc2ccccc2C1. The molecule has 0 unspecified atom stereocenters. The van der Waals surface area contributed by atoms with Crippen molar-refractivity contribution in [2.75, 3.05) is 0 Å². The van der Waals surface area contributed by atoms with Crippen LogP contribution < -0.4 is 5.32 Å². The summed E-state index contributed by atoms with van der Waals surface area (Å²) in [6, 6.07) is 8.40. The molecule has 0 saturated heterocycles. The van der Waals surface area contributed by atoms with E-state index in [-0.39, 0.29) is 11.8 Å². The van der Waals surface area contributed by atoms with Gasteiger partial charge in [0.25, 0.3) is 0 Å². The monoisotopic (exact) mass is 284 g/mol. The maximum absolute atomic E-state index is 12.4. The number of aromatic nitrogens is 1. The lowest BCUT2D eigenvalue weighted by atomic mass is 9.83. The van der Waals surface area contributed by atoms with Crippen LogP contribution >= 0.6 is 0 Å². The summed E-state index contributed by atoms with van der Waals surface area (Å²) in [6.45, 7) is 4.27. The Hall–Kier alpha value is -2.10. The highest BCUT2D eigenvalue weighted by Crippen LogP contribution is 2.25. The Morgan fingerprint density at radius 1 is 1.33 bits per heavy atom. The van der Waals surface area contributed by atoms with E-state index in [2.05, 4.69) is 28.7 Å². The summed E-state index contributed by atoms with van der Waals surface area (Å²) < 4.78 is 5.12. The third-order valence-corrected chi connectivity index (χ3v) is 4.34. The molecule has 1 amide bonds. The second kappa shape index (κ2) is 5.72. The van der Waals surface area contributed by atoms with Crippen molar-refractivity contribution in [1.29, 1.82) is 0 Å². The lowest BCUT2D eigenvalue weighted by molar-refractivity contribution is -0.125. The van der Waals surface area contributed by atoms with Crippen LogP contribution in [0.3, 0.4) is 0 Å². The van der Waals surface area contributed by atoms with Crippen molar-refractivity contribution >= 4 is 5.91 Å². The number of fused-ring (bicyclic) bond motifs is 1. The van der Waals surface area contributed by atoms with Crippen molar-refractivity contribution in [2.45, 2.75) is 39.7 Å². The van der Waals surface area contributed by atoms with E-state index in [1.807, 2.05) is 19.9 Å². The van der Waals surface area contributed by atoms with Crippen molar-refractivity contribution in [2.24, 2.45) is 5.92 Å². The van der Waals surface area contributed by atoms with Gasteiger partial charge in [-0.2, -0.15) is 0 Å². The average molecular weight is 284 g/mol. The van der Waals surface area contributed by atoms with Gasteiger partial charge >= 0.3 is 0 Å². The number of amides is 1. The Labute approximate surface area is 124 Å². The number of hydrogen-bond donors (Lipinski definition) is 1. The predicted octanol–water partition coefficient (Wildman–Crippen LogP) is 2.71. The molecule has 3 rings (SSSR count). The Balaban J connectivity index is 1.62. The van der Waals surface area contributed by atoms with Gasteiger partial charge < -0.3 is 9.84 Å². The molecule has 1 N–H and O–H groups in total. The summed E-state index contributed by atoms with van der Waals surface area (Å²) in [5.41, 5.74) is 4.52. The van der Waals surface area contributed by atoms with Crippen LogP contribution in [0.2, 0.25) is 0 Å². The van der Waals surface area contributed by atoms with E-state index in [0.29, 0.717) is 6.54 Å². The van der Waals surface area contributed by atoms with Crippen LogP contribution in [-0.2, 0) is 24.2 Å². The summed E-state index contributed by atoms with van der Waals surface area (Å²) >= 11 is 0. The molecule has 2 aromatic rings. The highest BCUT2D eigenvalue weighted by Gasteiger charge is 2.24. The molecule has 0 saturated carbocycles. The summed E-state index contributed by atoms with van der Waals surface area (Å²) in [5, 5.41) is 6.94. The number of carbonyl (C=O) groups excluding carboxylic acids is 1. The molecule has 0 bridgehead atoms. The fourth-order valence-corrected chi connectivity index (χ4v) is 3.00. The largest absolute Gasteiger partial charge is 0.361 e. The summed E-state index contributed by atoms with van der Waals surface area (Å²) in [5.74, 6) is 0.978. The average Bonchev–Trinajstić information content (AvgIpc) is 2.83. The first-order valence-corrected chi connectivity index (χ1v) is 7.41. The lowest BCUT2D eigenvalue weighted by Gasteiger charge is -2.23. The molecule has 0 radical (unpaired) electrons. The van der Waals surface area contributed by atoms with Gasteiger partial charge in [-0.3, -0.25) is 4.79 Å². The van der Waals surface area contributed by atoms with Crippen LogP contribution in [0.15, 0.2) is 28.8 Å². The maximum atomic E-state index is 12.4. The van der Waals surface area contributed by atoms with Crippen LogP contribution in [0, 0.1) is 19.8 Å². The zero-order valence-electron chi connectivity index (χ0n) is 12.5. The normalized spacial score (nSPS) is 17.3. The zero-order chi connectivity index (χ0) is 14.8. The summed E-state index contributed by atoms with van der Waals surface area (Å²) in [7, 11) is 0. The molecular formula is C17H20N2O2. The van der Waals surface area contributed by atoms with Crippen molar-refractivity contribution < 1.29 is 9.32 Å². The van der Waals surface area contributed by atoms with Crippen LogP contribution in [0.25, 0.3) is 0 Å². The van der Waals surface area contributed by atoms with Gasteiger partial charge in [-0.1, -0.05) is 29.4 Å². The molecule has 1 aromatic heterocycles. The number of nitrogens with one attached hydrogen (secondary N) is 1. The molecule has 4 nitrogen and oxygen atoms in total. The van der Waals surface area contributed by atoms with Gasteiger partial charge in [0.05, 0.1) is 5.69 Å². The Morgan fingerprint density at radius 3 is 2.81 bits per heavy atom. The van der Waals surface area contributed by atoms with Crippen LogP contribution in [0.4, 0.5) is 0 Å². The Kier molecular flexibility index (Phi) is 3.78. The van der Waals surface area contributed by atoms with E-state index < -0.39 is 0 Å². The summed E-state index contributed by atoms with van der Waals surface area (Å²) in [6.07, 6.45) is 2.74. The Bertz CT molecular complexity index is 641. The molecule has 0 aliphatic heterocycles. The predicted molar refractivity (Wildman–Crippen MR) is 79.8 cm³/mol. The number of hydrogen-bond acceptors (Lipinski definition) is 3. The van der Waals surface area contributed by atoms with E-state index in [0.717, 1.165) is 36.3 Å². The van der Waals surface area contributed by atoms with Gasteiger partial charge in [-0.25, -0.2) is 0 Å². The first kappa shape index (κ1) is 13.9. The zero-order valence-corrected chi connectivity index (χ0v) is 12.5. The molecule has 110 valence electrons. The highest BCUT2D eigenvalue weighted by molar-refractivity contribution is 5.79. The van der Waals surface area contributed by atoms with Gasteiger partial charge in [-0.15, -0.1) is 0 Å². The topological polar surface area (TPSA) is 55.1 Å². The third kappa shape index (κ3) is 2.84. The lowest BCUT2D eigenvalue weighted by Crippen LogP contribution is -2.33. The van der Waals surface area contributed by atoms with Crippen LogP contribution in [0.5, 0.6) is 0 Å². The second-order valence-corrected chi connectivity index (χ2v) is 5.73. The van der Waals surface area contributed by atoms with Gasteiger partial charge in [0.15, 0.2) is 0 Å². The summed E-state index contributed by atoms with van der Waals surface area (Å²) in [4.78, 5) is 12.4. The van der Waals surface area contributed by atoms with E-state index in [1.54, 1.807) is 0 Å². The van der Waals surface area contributed by atoms with Crippen molar-refractivity contribution in [3.05, 3.63) is 52.4 Å². The molecule has 1 aromatic carbocycles. The minimum Gasteiger partial charge on any atom is -0.361 e. The highest BCUT2D eigenvalue weighted by atomic mass is 16.5. The molecule has 1 atom stereocenters. The van der Waals surface area contributed by atoms with Crippen LogP contribution in [0.1, 0.15) is 34.6 Å². The molecule has 1 aliphatic rings. The van der Waals surface area contributed by atoms with Gasteiger partial charge in [-0.05, 0) is 44.2 Å². The minimum absolute atomic E-state index is 0.0698. The van der Waals surface area contributed by atoms with Crippen LogP contribution in [-0.4, -0.2) is 11.1 Å². The minimum atomic E-state index is 0.0698. The number of nitrogens with zero attached hydrogens (tertiary/aromatic N) is 1. The number of carbonyl (C=O) groups is 1. The van der Waals surface area contributed by atoms with Crippen molar-refractivity contribution in [3.63, 3.8) is 0 Å². The first-order chi connectivity index (χ1) is 10.1. The van der Waals surface area contributed by atoms with E-state index in [4.69, 9.17) is 4.52 Å². The fourth-order valence-electron chi connectivity index (χ4n) is 3.00. The molecule has 0 spiro atoms. The standard InChI is InChI=1S/C17H20N2O2/c1-11-16(12(2)21-19-11)10-18-17(20)15-8-7-13-5-3-4-6-14(13)9-15/h3-6,15H,7-10H2,1-2H3,(H,18,20)/t15-/m0/s1. The molecule has 4 heteroatoms. The molecule has 1 heterocycles. The Morgan fingerprint density at radius 2 is 2.10 bits per heavy atom. The molecule has 1 aliphatic carbocycles. The van der Waals surface area contributed by atoms with Gasteiger partial charge in [0.1, 0.15) is 5.76 Å². The van der Waals surface area contributed by atoms with Gasteiger partial charge in [0, 0.05) is 18.0 Å². The molecule has 0 fully saturated rings. The second-order valence-electron chi connectivity index (χ2n) is 5.73. The fraction of sp³-hybridized carbons (Fsp3) is 0.412. The molecule has 21 heavy (non-hydrogen) atoms.